The molecule has 4 nitrogen and oxygen atoms in total. The summed E-state index contributed by atoms with van der Waals surface area (Å²) >= 11 is 5.97. The van der Waals surface area contributed by atoms with Crippen molar-refractivity contribution in [1.29, 1.82) is 0 Å². The van der Waals surface area contributed by atoms with E-state index in [1.807, 2.05) is 31.0 Å². The van der Waals surface area contributed by atoms with Gasteiger partial charge < -0.3 is 4.74 Å². The van der Waals surface area contributed by atoms with Crippen LogP contribution in [-0.2, 0) is 4.79 Å². The number of ether oxygens (including phenoxy) is 1. The lowest BCUT2D eigenvalue weighted by molar-refractivity contribution is -0.128. The minimum absolute atomic E-state index is 0.0276. The van der Waals surface area contributed by atoms with Crippen molar-refractivity contribution in [2.75, 3.05) is 19.7 Å². The summed E-state index contributed by atoms with van der Waals surface area (Å²) in [6.07, 6.45) is 3.51. The van der Waals surface area contributed by atoms with E-state index in [-0.39, 0.29) is 12.5 Å². The van der Waals surface area contributed by atoms with Crippen LogP contribution in [0.5, 0.6) is 5.75 Å². The highest BCUT2D eigenvalue weighted by Crippen LogP contribution is 2.26. The summed E-state index contributed by atoms with van der Waals surface area (Å²) in [6, 6.07) is 3.68. The zero-order chi connectivity index (χ0) is 14.5. The molecule has 1 aromatic carbocycles. The summed E-state index contributed by atoms with van der Waals surface area (Å²) in [7, 11) is 0. The number of carbonyl (C=O) groups is 1. The first kappa shape index (κ1) is 15.1. The van der Waals surface area contributed by atoms with E-state index in [0.29, 0.717) is 5.02 Å². The number of carbonyl (C=O) groups excluding carboxylic acids is 1. The minimum atomic E-state index is -0.111. The fourth-order valence-corrected chi connectivity index (χ4v) is 2.80. The quantitative estimate of drug-likeness (QED) is 0.929. The number of halogens is 1. The number of aryl methyl sites for hydroxylation is 2. The summed E-state index contributed by atoms with van der Waals surface area (Å²) in [5.74, 6) is 0.629. The first-order chi connectivity index (χ1) is 9.56. The average molecular weight is 297 g/mol. The predicted octanol–water partition coefficient (Wildman–Crippen LogP) is 2.85. The molecule has 0 atom stereocenters. The Morgan fingerprint density at radius 1 is 1.25 bits per heavy atom. The summed E-state index contributed by atoms with van der Waals surface area (Å²) in [4.78, 5) is 11.9. The van der Waals surface area contributed by atoms with Crippen LogP contribution in [0.4, 0.5) is 0 Å². The zero-order valence-corrected chi connectivity index (χ0v) is 12.8. The summed E-state index contributed by atoms with van der Waals surface area (Å²) in [5, 5.41) is 2.65. The van der Waals surface area contributed by atoms with Crippen molar-refractivity contribution in [2.45, 2.75) is 33.1 Å². The maximum Gasteiger partial charge on any atom is 0.272 e. The molecule has 0 unspecified atom stereocenters. The Bertz CT molecular complexity index is 462. The van der Waals surface area contributed by atoms with E-state index in [9.17, 15) is 4.79 Å². The van der Waals surface area contributed by atoms with Crippen molar-refractivity contribution < 1.29 is 9.53 Å². The second kappa shape index (κ2) is 6.95. The lowest BCUT2D eigenvalue weighted by Gasteiger charge is -2.26. The van der Waals surface area contributed by atoms with Gasteiger partial charge in [-0.2, -0.15) is 0 Å². The van der Waals surface area contributed by atoms with E-state index >= 15 is 0 Å². The van der Waals surface area contributed by atoms with Gasteiger partial charge in [0.15, 0.2) is 6.61 Å². The number of hydrogen-bond acceptors (Lipinski definition) is 3. The molecular weight excluding hydrogens is 276 g/mol. The lowest BCUT2D eigenvalue weighted by Crippen LogP contribution is -2.46. The molecule has 5 heteroatoms. The molecule has 1 aliphatic rings. The van der Waals surface area contributed by atoms with Gasteiger partial charge in [-0.05, 0) is 49.9 Å². The molecule has 0 spiro atoms. The number of amides is 1. The Labute approximate surface area is 125 Å². The number of hydrazine groups is 1. The van der Waals surface area contributed by atoms with Crippen molar-refractivity contribution in [2.24, 2.45) is 0 Å². The summed E-state index contributed by atoms with van der Waals surface area (Å²) in [6.45, 7) is 5.73. The van der Waals surface area contributed by atoms with Crippen LogP contribution < -0.4 is 10.2 Å². The molecule has 0 radical (unpaired) electrons. The van der Waals surface area contributed by atoms with Crippen LogP contribution in [0.2, 0.25) is 5.02 Å². The molecule has 1 fully saturated rings. The molecule has 1 heterocycles. The third kappa shape index (κ3) is 4.12. The van der Waals surface area contributed by atoms with E-state index in [0.717, 1.165) is 42.8 Å². The van der Waals surface area contributed by atoms with E-state index < -0.39 is 0 Å². The van der Waals surface area contributed by atoms with Gasteiger partial charge in [0.25, 0.3) is 5.91 Å². The fraction of sp³-hybridized carbons (Fsp3) is 0.533. The Balaban J connectivity index is 1.87. The maximum atomic E-state index is 11.9. The van der Waals surface area contributed by atoms with Crippen LogP contribution in [0, 0.1) is 13.8 Å². The monoisotopic (exact) mass is 296 g/mol. The predicted molar refractivity (Wildman–Crippen MR) is 80.0 cm³/mol. The summed E-state index contributed by atoms with van der Waals surface area (Å²) < 4.78 is 5.63. The van der Waals surface area contributed by atoms with Crippen molar-refractivity contribution in [3.05, 3.63) is 28.3 Å². The topological polar surface area (TPSA) is 41.6 Å². The molecule has 1 aliphatic heterocycles. The van der Waals surface area contributed by atoms with Crippen LogP contribution in [0.1, 0.15) is 30.4 Å². The Morgan fingerprint density at radius 3 is 2.45 bits per heavy atom. The Hall–Kier alpha value is -1.26. The van der Waals surface area contributed by atoms with Crippen LogP contribution in [0.15, 0.2) is 12.1 Å². The van der Waals surface area contributed by atoms with E-state index in [1.165, 1.54) is 6.42 Å². The van der Waals surface area contributed by atoms with Crippen molar-refractivity contribution >= 4 is 17.5 Å². The van der Waals surface area contributed by atoms with Crippen LogP contribution in [0.3, 0.4) is 0 Å². The third-order valence-corrected chi connectivity index (χ3v) is 3.63. The van der Waals surface area contributed by atoms with Crippen LogP contribution in [0.25, 0.3) is 0 Å². The molecule has 110 valence electrons. The van der Waals surface area contributed by atoms with Gasteiger partial charge in [0, 0.05) is 18.1 Å². The molecule has 1 saturated heterocycles. The maximum absolute atomic E-state index is 11.9. The van der Waals surface area contributed by atoms with Gasteiger partial charge >= 0.3 is 0 Å². The highest BCUT2D eigenvalue weighted by Gasteiger charge is 2.14. The first-order valence-corrected chi connectivity index (χ1v) is 7.38. The van der Waals surface area contributed by atoms with Gasteiger partial charge in [-0.3, -0.25) is 10.2 Å². The lowest BCUT2D eigenvalue weighted by atomic mass is 10.1. The summed E-state index contributed by atoms with van der Waals surface area (Å²) in [5.41, 5.74) is 4.77. The Kier molecular flexibility index (Phi) is 5.26. The average Bonchev–Trinajstić information content (AvgIpc) is 2.38. The second-order valence-corrected chi connectivity index (χ2v) is 5.68. The molecule has 0 aromatic heterocycles. The van der Waals surface area contributed by atoms with Crippen LogP contribution in [-0.4, -0.2) is 30.6 Å². The second-order valence-electron chi connectivity index (χ2n) is 5.24. The van der Waals surface area contributed by atoms with E-state index in [2.05, 4.69) is 5.43 Å². The molecule has 1 amide bonds. The molecule has 0 saturated carbocycles. The number of nitrogens with one attached hydrogen (secondary N) is 1. The minimum Gasteiger partial charge on any atom is -0.483 e. The normalized spacial score (nSPS) is 15.9. The number of hydrogen-bond donors (Lipinski definition) is 1. The van der Waals surface area contributed by atoms with E-state index in [4.69, 9.17) is 16.3 Å². The fourth-order valence-electron chi connectivity index (χ4n) is 2.48. The molecule has 0 bridgehead atoms. The van der Waals surface area contributed by atoms with E-state index in [1.54, 1.807) is 0 Å². The highest BCUT2D eigenvalue weighted by atomic mass is 35.5. The van der Waals surface area contributed by atoms with Crippen LogP contribution >= 0.6 is 11.6 Å². The van der Waals surface area contributed by atoms with Crippen molar-refractivity contribution in [3.8, 4) is 5.75 Å². The molecule has 20 heavy (non-hydrogen) atoms. The highest BCUT2D eigenvalue weighted by molar-refractivity contribution is 6.30. The van der Waals surface area contributed by atoms with Gasteiger partial charge in [0.05, 0.1) is 0 Å². The Morgan fingerprint density at radius 2 is 1.85 bits per heavy atom. The largest absolute Gasteiger partial charge is 0.483 e. The number of benzene rings is 1. The third-order valence-electron chi connectivity index (χ3n) is 3.41. The number of nitrogens with zero attached hydrogens (tertiary/aromatic N) is 1. The molecule has 1 aromatic rings. The van der Waals surface area contributed by atoms with Gasteiger partial charge in [0.1, 0.15) is 5.75 Å². The van der Waals surface area contributed by atoms with Crippen molar-refractivity contribution in [1.82, 2.24) is 10.4 Å². The van der Waals surface area contributed by atoms with Gasteiger partial charge in [-0.25, -0.2) is 5.01 Å². The van der Waals surface area contributed by atoms with Gasteiger partial charge in [0.2, 0.25) is 0 Å². The van der Waals surface area contributed by atoms with Gasteiger partial charge in [-0.1, -0.05) is 18.0 Å². The van der Waals surface area contributed by atoms with Gasteiger partial charge in [-0.15, -0.1) is 0 Å². The molecule has 1 N–H and O–H groups in total. The van der Waals surface area contributed by atoms with Crippen molar-refractivity contribution in [3.63, 3.8) is 0 Å². The zero-order valence-electron chi connectivity index (χ0n) is 12.0. The number of rotatable bonds is 4. The molecule has 0 aliphatic carbocycles. The first-order valence-electron chi connectivity index (χ1n) is 7.00. The number of piperidine rings is 1. The standard InChI is InChI=1S/C15H21ClN2O2/c1-11-8-13(16)9-12(2)15(11)20-10-14(19)17-18-6-4-3-5-7-18/h8-9H,3-7,10H2,1-2H3,(H,17,19). The molecular formula is C15H21ClN2O2. The molecule has 2 rings (SSSR count). The SMILES string of the molecule is Cc1cc(Cl)cc(C)c1OCC(=O)NN1CCCCC1. The smallest absolute Gasteiger partial charge is 0.272 e.